The summed E-state index contributed by atoms with van der Waals surface area (Å²) in [5.74, 6) is -1.54. The van der Waals surface area contributed by atoms with Crippen molar-refractivity contribution in [2.75, 3.05) is 5.32 Å². The van der Waals surface area contributed by atoms with Crippen LogP contribution in [0.5, 0.6) is 0 Å². The van der Waals surface area contributed by atoms with Gasteiger partial charge in [-0.05, 0) is 24.3 Å². The highest BCUT2D eigenvalue weighted by atomic mass is 35.5. The summed E-state index contributed by atoms with van der Waals surface area (Å²) in [6, 6.07) is 5.64. The second-order valence-electron chi connectivity index (χ2n) is 4.15. The van der Waals surface area contributed by atoms with E-state index in [4.69, 9.17) is 11.6 Å². The fourth-order valence-corrected chi connectivity index (χ4v) is 2.03. The van der Waals surface area contributed by atoms with E-state index in [0.29, 0.717) is 11.3 Å². The first-order chi connectivity index (χ1) is 9.54. The van der Waals surface area contributed by atoms with E-state index in [1.54, 1.807) is 6.07 Å². The molecule has 0 bridgehead atoms. The molecule has 0 atom stereocenters. The molecule has 0 aliphatic carbocycles. The van der Waals surface area contributed by atoms with Crippen LogP contribution in [0.2, 0.25) is 5.02 Å². The molecule has 100 valence electrons. The van der Waals surface area contributed by atoms with Crippen LogP contribution in [0.25, 0.3) is 0 Å². The van der Waals surface area contributed by atoms with E-state index >= 15 is 0 Å². The smallest absolute Gasteiger partial charge is 0.259 e. The van der Waals surface area contributed by atoms with Gasteiger partial charge in [0.15, 0.2) is 11.6 Å². The summed E-state index contributed by atoms with van der Waals surface area (Å²) in [6.07, 6.45) is 1.30. The molecule has 1 aliphatic heterocycles. The van der Waals surface area contributed by atoms with Crippen molar-refractivity contribution in [3.63, 3.8) is 0 Å². The largest absolute Gasteiger partial charge is 0.338 e. The lowest BCUT2D eigenvalue weighted by atomic mass is 10.1. The molecule has 0 spiro atoms. The Hall–Kier alpha value is -2.47. The number of benzene rings is 1. The van der Waals surface area contributed by atoms with Crippen molar-refractivity contribution in [3.8, 4) is 0 Å². The second-order valence-corrected chi connectivity index (χ2v) is 4.59. The van der Waals surface area contributed by atoms with E-state index in [1.807, 2.05) is 0 Å². The zero-order valence-electron chi connectivity index (χ0n) is 9.91. The molecule has 2 aromatic rings. The van der Waals surface area contributed by atoms with Crippen molar-refractivity contribution in [2.45, 2.75) is 0 Å². The maximum absolute atomic E-state index is 13.6. The molecule has 1 aromatic heterocycles. The van der Waals surface area contributed by atoms with E-state index in [1.165, 1.54) is 18.3 Å². The number of aromatic nitrogens is 1. The Morgan fingerprint density at radius 2 is 1.90 bits per heavy atom. The molecule has 2 N–H and O–H groups in total. The minimum atomic E-state index is -0.612. The molecule has 0 radical (unpaired) electrons. The molecule has 1 aromatic carbocycles. The monoisotopic (exact) mass is 291 g/mol. The van der Waals surface area contributed by atoms with Crippen LogP contribution in [0.4, 0.5) is 15.9 Å². The number of rotatable bonds is 2. The van der Waals surface area contributed by atoms with Crippen LogP contribution in [-0.4, -0.2) is 16.8 Å². The third-order valence-corrected chi connectivity index (χ3v) is 3.01. The van der Waals surface area contributed by atoms with Crippen LogP contribution in [0.15, 0.2) is 30.5 Å². The number of halogens is 2. The fraction of sp³-hybridized carbons (Fsp3) is 0. The van der Waals surface area contributed by atoms with E-state index in [9.17, 15) is 14.0 Å². The van der Waals surface area contributed by atoms with Gasteiger partial charge < -0.3 is 5.32 Å². The van der Waals surface area contributed by atoms with Crippen LogP contribution in [0, 0.1) is 5.82 Å². The predicted molar refractivity (Wildman–Crippen MR) is 70.7 cm³/mol. The highest BCUT2D eigenvalue weighted by Gasteiger charge is 2.26. The molecule has 20 heavy (non-hydrogen) atoms. The van der Waals surface area contributed by atoms with Gasteiger partial charge >= 0.3 is 0 Å². The highest BCUT2D eigenvalue weighted by Crippen LogP contribution is 2.24. The highest BCUT2D eigenvalue weighted by molar-refractivity contribution is 6.30. The molecule has 3 rings (SSSR count). The molecular formula is C13H7ClFN3O2. The van der Waals surface area contributed by atoms with Crippen LogP contribution in [0.1, 0.15) is 20.7 Å². The third kappa shape index (κ3) is 2.10. The lowest BCUT2D eigenvalue weighted by Gasteiger charge is -2.07. The van der Waals surface area contributed by atoms with E-state index in [2.05, 4.69) is 15.6 Å². The zero-order chi connectivity index (χ0) is 14.3. The molecule has 0 saturated carbocycles. The number of hydrogen-bond donors (Lipinski definition) is 2. The van der Waals surface area contributed by atoms with Gasteiger partial charge in [-0.2, -0.15) is 0 Å². The molecule has 2 heterocycles. The number of carbonyl (C=O) groups excluding carboxylic acids is 2. The molecular weight excluding hydrogens is 285 g/mol. The quantitative estimate of drug-likeness (QED) is 0.834. The van der Waals surface area contributed by atoms with Crippen molar-refractivity contribution in [1.82, 2.24) is 10.3 Å². The maximum atomic E-state index is 13.6. The van der Waals surface area contributed by atoms with E-state index < -0.39 is 17.6 Å². The maximum Gasteiger partial charge on any atom is 0.259 e. The summed E-state index contributed by atoms with van der Waals surface area (Å²) in [5.41, 5.74) is 0.988. The molecule has 0 unspecified atom stereocenters. The summed E-state index contributed by atoms with van der Waals surface area (Å²) in [7, 11) is 0. The van der Waals surface area contributed by atoms with Gasteiger partial charge in [-0.3, -0.25) is 14.9 Å². The first-order valence-electron chi connectivity index (χ1n) is 5.62. The van der Waals surface area contributed by atoms with Crippen LogP contribution >= 0.6 is 11.6 Å². The molecule has 0 fully saturated rings. The Morgan fingerprint density at radius 3 is 2.65 bits per heavy atom. The number of carbonyl (C=O) groups is 2. The Kier molecular flexibility index (Phi) is 2.87. The number of anilines is 2. The number of nitrogens with zero attached hydrogens (tertiary/aromatic N) is 1. The van der Waals surface area contributed by atoms with Gasteiger partial charge in [-0.1, -0.05) is 11.6 Å². The number of fused-ring (bicyclic) bond motifs is 1. The number of amides is 2. The van der Waals surface area contributed by atoms with Crippen molar-refractivity contribution in [2.24, 2.45) is 0 Å². The Labute approximate surface area is 117 Å². The van der Waals surface area contributed by atoms with Gasteiger partial charge in [0, 0.05) is 11.9 Å². The topological polar surface area (TPSA) is 71.1 Å². The molecule has 0 saturated heterocycles. The standard InChI is InChI=1S/C13H7ClFN3O2/c14-6-3-10(15)11(16-5-6)17-7-1-2-8-9(4-7)13(20)18-12(8)19/h1-5H,(H,16,17)(H,18,19,20). The number of nitrogens with one attached hydrogen (secondary N) is 2. The summed E-state index contributed by atoms with van der Waals surface area (Å²) >= 11 is 5.61. The average molecular weight is 292 g/mol. The number of hydrogen-bond acceptors (Lipinski definition) is 4. The summed E-state index contributed by atoms with van der Waals surface area (Å²) in [5, 5.41) is 5.09. The lowest BCUT2D eigenvalue weighted by Crippen LogP contribution is -2.19. The summed E-state index contributed by atoms with van der Waals surface area (Å²) < 4.78 is 13.6. The van der Waals surface area contributed by atoms with Crippen LogP contribution < -0.4 is 10.6 Å². The van der Waals surface area contributed by atoms with Crippen molar-refractivity contribution < 1.29 is 14.0 Å². The van der Waals surface area contributed by atoms with Crippen molar-refractivity contribution >= 4 is 34.9 Å². The van der Waals surface area contributed by atoms with Gasteiger partial charge in [0.2, 0.25) is 0 Å². The minimum Gasteiger partial charge on any atom is -0.338 e. The van der Waals surface area contributed by atoms with E-state index in [-0.39, 0.29) is 16.4 Å². The molecule has 1 aliphatic rings. The summed E-state index contributed by atoms with van der Waals surface area (Å²) in [6.45, 7) is 0. The SMILES string of the molecule is O=C1NC(=O)c2cc(Nc3ncc(Cl)cc3F)ccc21. The summed E-state index contributed by atoms with van der Waals surface area (Å²) in [4.78, 5) is 26.7. The molecule has 2 amide bonds. The first kappa shape index (κ1) is 12.6. The third-order valence-electron chi connectivity index (χ3n) is 2.81. The Balaban J connectivity index is 1.95. The Bertz CT molecular complexity index is 748. The molecule has 7 heteroatoms. The number of imide groups is 1. The van der Waals surface area contributed by atoms with Crippen LogP contribution in [0.3, 0.4) is 0 Å². The molecule has 5 nitrogen and oxygen atoms in total. The van der Waals surface area contributed by atoms with Crippen molar-refractivity contribution in [3.05, 3.63) is 52.4 Å². The lowest BCUT2D eigenvalue weighted by molar-refractivity contribution is 0.0879. The zero-order valence-corrected chi connectivity index (χ0v) is 10.7. The first-order valence-corrected chi connectivity index (χ1v) is 6.00. The van der Waals surface area contributed by atoms with Gasteiger partial charge in [0.1, 0.15) is 0 Å². The van der Waals surface area contributed by atoms with E-state index in [0.717, 1.165) is 6.07 Å². The van der Waals surface area contributed by atoms with Gasteiger partial charge in [-0.15, -0.1) is 0 Å². The normalized spacial score (nSPS) is 13.1. The van der Waals surface area contributed by atoms with Gasteiger partial charge in [0.05, 0.1) is 16.1 Å². The Morgan fingerprint density at radius 1 is 1.15 bits per heavy atom. The number of pyridine rings is 1. The fourth-order valence-electron chi connectivity index (χ4n) is 1.89. The predicted octanol–water partition coefficient (Wildman–Crippen LogP) is 2.50. The van der Waals surface area contributed by atoms with Gasteiger partial charge in [-0.25, -0.2) is 9.37 Å². The van der Waals surface area contributed by atoms with Gasteiger partial charge in [0.25, 0.3) is 11.8 Å². The second kappa shape index (κ2) is 4.57. The minimum absolute atomic E-state index is 0.0147. The average Bonchev–Trinajstić information content (AvgIpc) is 2.68. The van der Waals surface area contributed by atoms with Crippen molar-refractivity contribution in [1.29, 1.82) is 0 Å². The van der Waals surface area contributed by atoms with Crippen LogP contribution in [-0.2, 0) is 0 Å².